The van der Waals surface area contributed by atoms with E-state index in [1.54, 1.807) is 18.2 Å². The second kappa shape index (κ2) is 7.75. The van der Waals surface area contributed by atoms with Gasteiger partial charge >= 0.3 is 0 Å². The van der Waals surface area contributed by atoms with E-state index in [9.17, 15) is 4.39 Å². The minimum atomic E-state index is -0.402. The Hall–Kier alpha value is -2.66. The highest BCUT2D eigenvalue weighted by atomic mass is 35.5. The zero-order chi connectivity index (χ0) is 16.8. The van der Waals surface area contributed by atoms with Crippen LogP contribution in [0.4, 0.5) is 10.2 Å². The summed E-state index contributed by atoms with van der Waals surface area (Å²) in [5, 5.41) is 3.21. The van der Waals surface area contributed by atoms with Crippen molar-refractivity contribution in [1.29, 1.82) is 0 Å². The molecule has 3 rings (SSSR count). The third-order valence-corrected chi connectivity index (χ3v) is 3.66. The fourth-order valence-electron chi connectivity index (χ4n) is 2.16. The average molecular weight is 344 g/mol. The number of aromatic nitrogens is 2. The summed E-state index contributed by atoms with van der Waals surface area (Å²) in [4.78, 5) is 7.98. The van der Waals surface area contributed by atoms with Crippen molar-refractivity contribution >= 4 is 17.4 Å². The molecule has 2 aromatic carbocycles. The summed E-state index contributed by atoms with van der Waals surface area (Å²) in [5.41, 5.74) is 1.44. The molecule has 0 fully saturated rings. The predicted octanol–water partition coefficient (Wildman–Crippen LogP) is 4.46. The highest BCUT2D eigenvalue weighted by molar-refractivity contribution is 6.31. The minimum Gasteiger partial charge on any atom is -0.486 e. The minimum absolute atomic E-state index is 0.211. The van der Waals surface area contributed by atoms with Gasteiger partial charge in [-0.3, -0.25) is 0 Å². The zero-order valence-electron chi connectivity index (χ0n) is 12.7. The fourth-order valence-corrected chi connectivity index (χ4v) is 2.33. The van der Waals surface area contributed by atoms with E-state index in [4.69, 9.17) is 16.3 Å². The number of rotatable bonds is 6. The normalized spacial score (nSPS) is 10.4. The molecule has 1 heterocycles. The summed E-state index contributed by atoms with van der Waals surface area (Å²) in [5.74, 6) is 0.221. The molecule has 4 nitrogen and oxygen atoms in total. The van der Waals surface area contributed by atoms with Gasteiger partial charge in [-0.2, -0.15) is 0 Å². The lowest BCUT2D eigenvalue weighted by atomic mass is 10.2. The molecule has 0 spiro atoms. The largest absolute Gasteiger partial charge is 0.486 e. The van der Waals surface area contributed by atoms with E-state index in [-0.39, 0.29) is 17.4 Å². The molecule has 0 bridgehead atoms. The van der Waals surface area contributed by atoms with Crippen molar-refractivity contribution in [3.63, 3.8) is 0 Å². The number of ether oxygens (including phenoxy) is 1. The standard InChI is InChI=1S/C18H15ClFN3O/c19-17-18(22-10-9-21-17)23-11-14-7-4-8-15(16(14)20)24-12-13-5-2-1-3-6-13/h1-10H,11-12H2,(H,22,23). The maximum Gasteiger partial charge on any atom is 0.171 e. The summed E-state index contributed by atoms with van der Waals surface area (Å²) in [6.45, 7) is 0.539. The van der Waals surface area contributed by atoms with Crippen molar-refractivity contribution in [2.24, 2.45) is 0 Å². The van der Waals surface area contributed by atoms with Gasteiger partial charge in [0.15, 0.2) is 22.5 Å². The van der Waals surface area contributed by atoms with Gasteiger partial charge in [-0.1, -0.05) is 54.1 Å². The highest BCUT2D eigenvalue weighted by Crippen LogP contribution is 2.23. The summed E-state index contributed by atoms with van der Waals surface area (Å²) in [7, 11) is 0. The number of benzene rings is 2. The van der Waals surface area contributed by atoms with Gasteiger partial charge in [0.2, 0.25) is 0 Å². The molecule has 0 aliphatic rings. The molecule has 0 aliphatic heterocycles. The van der Waals surface area contributed by atoms with Crippen molar-refractivity contribution in [3.05, 3.63) is 83.0 Å². The Labute approximate surface area is 144 Å². The first-order valence-electron chi connectivity index (χ1n) is 7.38. The molecule has 0 unspecified atom stereocenters. The first-order valence-corrected chi connectivity index (χ1v) is 7.76. The van der Waals surface area contributed by atoms with Crippen molar-refractivity contribution in [2.75, 3.05) is 5.32 Å². The van der Waals surface area contributed by atoms with Crippen LogP contribution in [0.25, 0.3) is 0 Å². The van der Waals surface area contributed by atoms with Crippen LogP contribution in [-0.4, -0.2) is 9.97 Å². The summed E-state index contributed by atoms with van der Waals surface area (Å²) < 4.78 is 20.1. The van der Waals surface area contributed by atoms with Crippen LogP contribution in [0.3, 0.4) is 0 Å². The number of hydrogen-bond donors (Lipinski definition) is 1. The third-order valence-electron chi connectivity index (χ3n) is 3.38. The molecule has 122 valence electrons. The number of anilines is 1. The van der Waals surface area contributed by atoms with E-state index in [1.807, 2.05) is 30.3 Å². The Morgan fingerprint density at radius 2 is 1.79 bits per heavy atom. The van der Waals surface area contributed by atoms with Crippen molar-refractivity contribution in [1.82, 2.24) is 9.97 Å². The molecule has 1 N–H and O–H groups in total. The van der Waals surface area contributed by atoms with Gasteiger partial charge in [0.25, 0.3) is 0 Å². The van der Waals surface area contributed by atoms with Crippen LogP contribution >= 0.6 is 11.6 Å². The van der Waals surface area contributed by atoms with Gasteiger partial charge in [-0.25, -0.2) is 14.4 Å². The molecule has 24 heavy (non-hydrogen) atoms. The van der Waals surface area contributed by atoms with Crippen molar-refractivity contribution < 1.29 is 9.13 Å². The average Bonchev–Trinajstić information content (AvgIpc) is 2.62. The third kappa shape index (κ3) is 4.00. The molecule has 3 aromatic rings. The first kappa shape index (κ1) is 16.2. The number of nitrogens with zero attached hydrogens (tertiary/aromatic N) is 2. The van der Waals surface area contributed by atoms with E-state index >= 15 is 0 Å². The zero-order valence-corrected chi connectivity index (χ0v) is 13.5. The summed E-state index contributed by atoms with van der Waals surface area (Å²) >= 11 is 5.92. The molecule has 0 saturated heterocycles. The van der Waals surface area contributed by atoms with Crippen LogP contribution in [-0.2, 0) is 13.2 Å². The van der Waals surface area contributed by atoms with Crippen molar-refractivity contribution in [3.8, 4) is 5.75 Å². The molecule has 0 aliphatic carbocycles. The Kier molecular flexibility index (Phi) is 5.23. The first-order chi connectivity index (χ1) is 11.7. The molecular weight excluding hydrogens is 329 g/mol. The van der Waals surface area contributed by atoms with E-state index < -0.39 is 5.82 Å². The number of halogens is 2. The topological polar surface area (TPSA) is 47.0 Å². The van der Waals surface area contributed by atoms with Gasteiger partial charge in [0.05, 0.1) is 0 Å². The molecule has 0 atom stereocenters. The monoisotopic (exact) mass is 343 g/mol. The molecule has 1 aromatic heterocycles. The van der Waals surface area contributed by atoms with E-state index in [0.717, 1.165) is 5.56 Å². The SMILES string of the molecule is Fc1c(CNc2nccnc2Cl)cccc1OCc1ccccc1. The quantitative estimate of drug-likeness (QED) is 0.717. The highest BCUT2D eigenvalue weighted by Gasteiger charge is 2.10. The Bertz CT molecular complexity index is 814. The summed E-state index contributed by atoms with van der Waals surface area (Å²) in [6, 6.07) is 14.7. The maximum atomic E-state index is 14.5. The van der Waals surface area contributed by atoms with E-state index in [2.05, 4.69) is 15.3 Å². The lowest BCUT2D eigenvalue weighted by molar-refractivity contribution is 0.289. The van der Waals surface area contributed by atoms with E-state index in [0.29, 0.717) is 18.0 Å². The van der Waals surface area contributed by atoms with Gasteiger partial charge in [0.1, 0.15) is 6.61 Å². The fraction of sp³-hybridized carbons (Fsp3) is 0.111. The van der Waals surface area contributed by atoms with E-state index in [1.165, 1.54) is 12.4 Å². The van der Waals surface area contributed by atoms with Gasteiger partial charge < -0.3 is 10.1 Å². The van der Waals surface area contributed by atoms with Crippen molar-refractivity contribution in [2.45, 2.75) is 13.2 Å². The molecule has 0 saturated carbocycles. The molecular formula is C18H15ClFN3O. The Balaban J connectivity index is 1.68. The molecule has 0 radical (unpaired) electrons. The summed E-state index contributed by atoms with van der Waals surface area (Å²) in [6.07, 6.45) is 3.01. The lowest BCUT2D eigenvalue weighted by Gasteiger charge is -2.11. The second-order valence-corrected chi connectivity index (χ2v) is 5.41. The lowest BCUT2D eigenvalue weighted by Crippen LogP contribution is -2.06. The Morgan fingerprint density at radius 3 is 2.58 bits per heavy atom. The molecule has 0 amide bonds. The molecule has 6 heteroatoms. The smallest absolute Gasteiger partial charge is 0.171 e. The van der Waals surface area contributed by atoms with Crippen LogP contribution in [0.15, 0.2) is 60.9 Å². The number of nitrogens with one attached hydrogen (secondary N) is 1. The van der Waals surface area contributed by atoms with Crippen LogP contribution in [0.2, 0.25) is 5.15 Å². The number of hydrogen-bond acceptors (Lipinski definition) is 4. The van der Waals surface area contributed by atoms with Crippen LogP contribution in [0, 0.1) is 5.82 Å². The maximum absolute atomic E-state index is 14.5. The predicted molar refractivity (Wildman–Crippen MR) is 91.5 cm³/mol. The van der Waals surface area contributed by atoms with Gasteiger partial charge in [0, 0.05) is 24.5 Å². The second-order valence-electron chi connectivity index (χ2n) is 5.05. The van der Waals surface area contributed by atoms with Gasteiger partial charge in [-0.05, 0) is 11.6 Å². The van der Waals surface area contributed by atoms with Crippen LogP contribution in [0.5, 0.6) is 5.75 Å². The van der Waals surface area contributed by atoms with Crippen LogP contribution in [0.1, 0.15) is 11.1 Å². The van der Waals surface area contributed by atoms with Gasteiger partial charge in [-0.15, -0.1) is 0 Å². The van der Waals surface area contributed by atoms with Crippen LogP contribution < -0.4 is 10.1 Å². The Morgan fingerprint density at radius 1 is 1.00 bits per heavy atom.